The molecule has 0 saturated heterocycles. The fourth-order valence-corrected chi connectivity index (χ4v) is 3.91. The van der Waals surface area contributed by atoms with Gasteiger partial charge >= 0.3 is 0 Å². The molecule has 3 rings (SSSR count). The number of ketones is 1. The van der Waals surface area contributed by atoms with Crippen LogP contribution in [-0.4, -0.2) is 27.2 Å². The van der Waals surface area contributed by atoms with Gasteiger partial charge in [-0.1, -0.05) is 50.1 Å². The maximum absolute atomic E-state index is 11.7. The highest BCUT2D eigenvalue weighted by Gasteiger charge is 2.22. The first kappa shape index (κ1) is 19.4. The van der Waals surface area contributed by atoms with Crippen molar-refractivity contribution < 1.29 is 14.1 Å². The lowest BCUT2D eigenvalue weighted by atomic mass is 9.84. The van der Waals surface area contributed by atoms with Gasteiger partial charge in [0, 0.05) is 24.1 Å². The molecule has 144 valence electrons. The zero-order valence-corrected chi connectivity index (χ0v) is 15.9. The van der Waals surface area contributed by atoms with Crippen molar-refractivity contribution in [3.8, 4) is 11.4 Å². The van der Waals surface area contributed by atoms with Crippen LogP contribution in [0.25, 0.3) is 11.4 Å². The number of hydrogen-bond donors (Lipinski definition) is 0. The van der Waals surface area contributed by atoms with Crippen LogP contribution in [0.1, 0.15) is 87.0 Å². The Labute approximate surface area is 159 Å². The lowest BCUT2D eigenvalue weighted by Crippen LogP contribution is -2.09. The third-order valence-electron chi connectivity index (χ3n) is 5.38. The van der Waals surface area contributed by atoms with Crippen molar-refractivity contribution in [1.82, 2.24) is 15.1 Å². The normalized spacial score (nSPS) is 16.2. The standard InChI is InChI=1S/C21H27N3O3/c1-15(26)12-17(9-5-8-16-6-3-2-4-7-16)21-23-20(24-27-21)18-10-11-19(14-25)22-13-18/h10-11,13-14,16-17H,2-9,12H2,1H3. The van der Waals surface area contributed by atoms with E-state index >= 15 is 0 Å². The van der Waals surface area contributed by atoms with Crippen molar-refractivity contribution in [3.05, 3.63) is 29.9 Å². The van der Waals surface area contributed by atoms with Crippen molar-refractivity contribution in [1.29, 1.82) is 0 Å². The molecule has 0 aliphatic heterocycles. The van der Waals surface area contributed by atoms with Crippen LogP contribution in [-0.2, 0) is 4.79 Å². The Morgan fingerprint density at radius 1 is 1.30 bits per heavy atom. The second kappa shape index (κ2) is 9.53. The Morgan fingerprint density at radius 3 is 2.78 bits per heavy atom. The minimum Gasteiger partial charge on any atom is -0.339 e. The van der Waals surface area contributed by atoms with Gasteiger partial charge in [0.2, 0.25) is 11.7 Å². The number of aromatic nitrogens is 3. The Bertz CT molecular complexity index is 748. The highest BCUT2D eigenvalue weighted by molar-refractivity contribution is 5.76. The first-order valence-corrected chi connectivity index (χ1v) is 9.90. The predicted octanol–water partition coefficient (Wildman–Crippen LogP) is 4.76. The van der Waals surface area contributed by atoms with Gasteiger partial charge in [-0.3, -0.25) is 9.78 Å². The second-order valence-electron chi connectivity index (χ2n) is 7.58. The molecule has 0 N–H and O–H groups in total. The molecule has 1 saturated carbocycles. The fourth-order valence-electron chi connectivity index (χ4n) is 3.91. The monoisotopic (exact) mass is 369 g/mol. The summed E-state index contributed by atoms with van der Waals surface area (Å²) in [6.45, 7) is 1.60. The summed E-state index contributed by atoms with van der Waals surface area (Å²) in [6, 6.07) is 3.37. The minimum absolute atomic E-state index is 0.0328. The lowest BCUT2D eigenvalue weighted by molar-refractivity contribution is -0.117. The molecule has 0 amide bonds. The Hall–Kier alpha value is -2.37. The molecule has 2 aromatic heterocycles. The Balaban J connectivity index is 1.64. The molecule has 2 aromatic rings. The first-order chi connectivity index (χ1) is 13.2. The quantitative estimate of drug-likeness (QED) is 0.593. The van der Waals surface area contributed by atoms with Crippen molar-refractivity contribution in [2.75, 3.05) is 0 Å². The number of carbonyl (C=O) groups excluding carboxylic acids is 2. The molecule has 1 aliphatic carbocycles. The summed E-state index contributed by atoms with van der Waals surface area (Å²) in [4.78, 5) is 31.0. The number of Topliss-reactive ketones (excluding diaryl/α,β-unsaturated/α-hetero) is 1. The molecule has 1 unspecified atom stereocenters. The van der Waals surface area contributed by atoms with Crippen LogP contribution in [0.3, 0.4) is 0 Å². The molecule has 1 atom stereocenters. The summed E-state index contributed by atoms with van der Waals surface area (Å²) in [5.74, 6) is 1.89. The van der Waals surface area contributed by atoms with E-state index in [0.717, 1.165) is 18.8 Å². The zero-order valence-electron chi connectivity index (χ0n) is 15.9. The van der Waals surface area contributed by atoms with E-state index in [4.69, 9.17) is 4.52 Å². The Morgan fingerprint density at radius 2 is 2.11 bits per heavy atom. The predicted molar refractivity (Wildman–Crippen MR) is 101 cm³/mol. The summed E-state index contributed by atoms with van der Waals surface area (Å²) in [5.41, 5.74) is 1.05. The van der Waals surface area contributed by atoms with Crippen LogP contribution in [0, 0.1) is 5.92 Å². The first-order valence-electron chi connectivity index (χ1n) is 9.90. The molecule has 27 heavy (non-hydrogen) atoms. The van der Waals surface area contributed by atoms with Gasteiger partial charge in [0.1, 0.15) is 11.5 Å². The zero-order chi connectivity index (χ0) is 19.1. The number of rotatable bonds is 9. The van der Waals surface area contributed by atoms with Crippen molar-refractivity contribution in [2.24, 2.45) is 5.92 Å². The Kier molecular flexibility index (Phi) is 6.85. The average molecular weight is 369 g/mol. The van der Waals surface area contributed by atoms with Gasteiger partial charge in [0.15, 0.2) is 6.29 Å². The van der Waals surface area contributed by atoms with Crippen LogP contribution in [0.5, 0.6) is 0 Å². The van der Waals surface area contributed by atoms with Gasteiger partial charge in [-0.05, 0) is 31.4 Å². The molecule has 0 aromatic carbocycles. The van der Waals surface area contributed by atoms with E-state index in [0.29, 0.717) is 35.7 Å². The van der Waals surface area contributed by atoms with Crippen LogP contribution in [0.15, 0.2) is 22.9 Å². The maximum atomic E-state index is 11.7. The molecule has 1 fully saturated rings. The second-order valence-corrected chi connectivity index (χ2v) is 7.58. The van der Waals surface area contributed by atoms with Gasteiger partial charge in [-0.2, -0.15) is 4.98 Å². The van der Waals surface area contributed by atoms with Crippen LogP contribution < -0.4 is 0 Å². The van der Waals surface area contributed by atoms with Gasteiger partial charge in [-0.15, -0.1) is 0 Å². The molecule has 0 bridgehead atoms. The van der Waals surface area contributed by atoms with Crippen LogP contribution in [0.2, 0.25) is 0 Å². The molecule has 1 aliphatic rings. The van der Waals surface area contributed by atoms with Gasteiger partial charge < -0.3 is 9.32 Å². The van der Waals surface area contributed by atoms with Gasteiger partial charge in [0.05, 0.1) is 0 Å². The van der Waals surface area contributed by atoms with Crippen molar-refractivity contribution in [3.63, 3.8) is 0 Å². The third kappa shape index (κ3) is 5.55. The molecule has 0 radical (unpaired) electrons. The highest BCUT2D eigenvalue weighted by Crippen LogP contribution is 2.31. The van der Waals surface area contributed by atoms with E-state index in [-0.39, 0.29) is 11.7 Å². The molecular weight excluding hydrogens is 342 g/mol. The number of nitrogens with zero attached hydrogens (tertiary/aromatic N) is 3. The maximum Gasteiger partial charge on any atom is 0.230 e. The third-order valence-corrected chi connectivity index (χ3v) is 5.38. The SMILES string of the molecule is CC(=O)CC(CCCC1CCCCC1)c1nc(-c2ccc(C=O)nc2)no1. The topological polar surface area (TPSA) is 86.0 Å². The molecule has 0 spiro atoms. The smallest absolute Gasteiger partial charge is 0.230 e. The van der Waals surface area contributed by atoms with Gasteiger partial charge in [-0.25, -0.2) is 0 Å². The van der Waals surface area contributed by atoms with Crippen molar-refractivity contribution in [2.45, 2.75) is 70.6 Å². The number of pyridine rings is 1. The average Bonchev–Trinajstić information content (AvgIpc) is 3.18. The van der Waals surface area contributed by atoms with E-state index in [1.54, 1.807) is 25.3 Å². The molecule has 6 nitrogen and oxygen atoms in total. The lowest BCUT2D eigenvalue weighted by Gasteiger charge is -2.22. The van der Waals surface area contributed by atoms with Crippen LogP contribution in [0.4, 0.5) is 0 Å². The number of carbonyl (C=O) groups is 2. The molecule has 6 heteroatoms. The number of aldehydes is 1. The number of hydrogen-bond acceptors (Lipinski definition) is 6. The molecular formula is C21H27N3O3. The fraction of sp³-hybridized carbons (Fsp3) is 0.571. The van der Waals surface area contributed by atoms with Crippen LogP contribution >= 0.6 is 0 Å². The highest BCUT2D eigenvalue weighted by atomic mass is 16.5. The van der Waals surface area contributed by atoms with E-state index in [1.165, 1.54) is 38.5 Å². The van der Waals surface area contributed by atoms with E-state index in [2.05, 4.69) is 15.1 Å². The summed E-state index contributed by atoms with van der Waals surface area (Å²) >= 11 is 0. The van der Waals surface area contributed by atoms with Gasteiger partial charge in [0.25, 0.3) is 0 Å². The summed E-state index contributed by atoms with van der Waals surface area (Å²) in [5, 5.41) is 4.04. The largest absolute Gasteiger partial charge is 0.339 e. The summed E-state index contributed by atoms with van der Waals surface area (Å²) in [7, 11) is 0. The van der Waals surface area contributed by atoms with E-state index < -0.39 is 0 Å². The van der Waals surface area contributed by atoms with E-state index in [9.17, 15) is 9.59 Å². The molecule has 2 heterocycles. The summed E-state index contributed by atoms with van der Waals surface area (Å²) in [6.07, 6.45) is 12.6. The minimum atomic E-state index is -0.0328. The summed E-state index contributed by atoms with van der Waals surface area (Å²) < 4.78 is 5.47. The van der Waals surface area contributed by atoms with Crippen molar-refractivity contribution >= 4 is 12.1 Å². The van der Waals surface area contributed by atoms with E-state index in [1.807, 2.05) is 0 Å².